The highest BCUT2D eigenvalue weighted by molar-refractivity contribution is 5.84. The Morgan fingerprint density at radius 2 is 1.44 bits per heavy atom. The number of nitrogens with zero attached hydrogens (tertiary/aromatic N) is 1. The monoisotopic (exact) mass is 245 g/mol. The van der Waals surface area contributed by atoms with Gasteiger partial charge in [-0.05, 0) is 19.4 Å². The standard InChI is InChI=1S/C16H23NO/c1-11-13(3)17(14(4)12(2)16(11)18)10-15-8-6-5-7-9-15/h5-9,11-14H,10H2,1-4H3/t11-,12-,13-,14+/m0/s1. The Balaban J connectivity index is 2.18. The summed E-state index contributed by atoms with van der Waals surface area (Å²) < 4.78 is 0. The van der Waals surface area contributed by atoms with E-state index in [-0.39, 0.29) is 11.8 Å². The van der Waals surface area contributed by atoms with Crippen LogP contribution in [0.15, 0.2) is 30.3 Å². The lowest BCUT2D eigenvalue weighted by Gasteiger charge is -2.45. The molecule has 1 fully saturated rings. The average Bonchev–Trinajstić information content (AvgIpc) is 2.40. The minimum absolute atomic E-state index is 0.139. The van der Waals surface area contributed by atoms with Crippen molar-refractivity contribution in [2.75, 3.05) is 0 Å². The second-order valence-electron chi connectivity index (χ2n) is 5.62. The first kappa shape index (κ1) is 13.3. The average molecular weight is 245 g/mol. The first-order valence-corrected chi connectivity index (χ1v) is 6.85. The predicted molar refractivity (Wildman–Crippen MR) is 74.2 cm³/mol. The van der Waals surface area contributed by atoms with Gasteiger partial charge in [0.25, 0.3) is 0 Å². The lowest BCUT2D eigenvalue weighted by atomic mass is 9.80. The molecule has 4 atom stereocenters. The first-order valence-electron chi connectivity index (χ1n) is 6.85. The van der Waals surface area contributed by atoms with Crippen molar-refractivity contribution in [3.8, 4) is 0 Å². The van der Waals surface area contributed by atoms with Crippen molar-refractivity contribution in [3.63, 3.8) is 0 Å². The van der Waals surface area contributed by atoms with Gasteiger partial charge in [0.15, 0.2) is 0 Å². The van der Waals surface area contributed by atoms with E-state index in [0.717, 1.165) is 6.54 Å². The Hall–Kier alpha value is -1.15. The molecule has 0 radical (unpaired) electrons. The van der Waals surface area contributed by atoms with Crippen LogP contribution < -0.4 is 0 Å². The van der Waals surface area contributed by atoms with E-state index in [9.17, 15) is 4.79 Å². The van der Waals surface area contributed by atoms with Gasteiger partial charge >= 0.3 is 0 Å². The van der Waals surface area contributed by atoms with Crippen molar-refractivity contribution in [1.82, 2.24) is 4.90 Å². The summed E-state index contributed by atoms with van der Waals surface area (Å²) in [6.07, 6.45) is 0. The molecule has 2 rings (SSSR count). The molecule has 0 spiro atoms. The maximum absolute atomic E-state index is 12.1. The molecule has 0 aliphatic carbocycles. The van der Waals surface area contributed by atoms with Crippen LogP contribution in [-0.4, -0.2) is 22.8 Å². The van der Waals surface area contributed by atoms with E-state index in [4.69, 9.17) is 0 Å². The van der Waals surface area contributed by atoms with Crippen LogP contribution in [0.5, 0.6) is 0 Å². The normalized spacial score (nSPS) is 33.7. The van der Waals surface area contributed by atoms with Gasteiger partial charge in [-0.1, -0.05) is 44.2 Å². The Labute approximate surface area is 110 Å². The summed E-state index contributed by atoms with van der Waals surface area (Å²) in [5.74, 6) is 0.694. The SMILES string of the molecule is C[C@@H]1C(=O)[C@@H](C)[C@H](C)N(Cc2ccccc2)[C@@H]1C. The second kappa shape index (κ2) is 5.23. The zero-order valence-electron chi connectivity index (χ0n) is 11.8. The number of hydrogen-bond acceptors (Lipinski definition) is 2. The number of Topliss-reactive ketones (excluding diaryl/α,β-unsaturated/α-hetero) is 1. The van der Waals surface area contributed by atoms with Gasteiger partial charge in [0.1, 0.15) is 5.78 Å². The fourth-order valence-electron chi connectivity index (χ4n) is 2.92. The molecule has 1 aromatic carbocycles. The van der Waals surface area contributed by atoms with Crippen LogP contribution in [0.4, 0.5) is 0 Å². The summed E-state index contributed by atoms with van der Waals surface area (Å²) in [6, 6.07) is 11.2. The number of benzene rings is 1. The Kier molecular flexibility index (Phi) is 3.86. The minimum Gasteiger partial charge on any atom is -0.299 e. The molecule has 1 aromatic rings. The third-order valence-electron chi connectivity index (χ3n) is 4.60. The van der Waals surface area contributed by atoms with Gasteiger partial charge in [0.2, 0.25) is 0 Å². The largest absolute Gasteiger partial charge is 0.299 e. The van der Waals surface area contributed by atoms with E-state index < -0.39 is 0 Å². The number of carbonyl (C=O) groups is 1. The minimum atomic E-state index is 0.139. The molecular weight excluding hydrogens is 222 g/mol. The highest BCUT2D eigenvalue weighted by Gasteiger charge is 2.40. The fraction of sp³-hybridized carbons (Fsp3) is 0.562. The number of rotatable bonds is 2. The molecule has 0 bridgehead atoms. The molecule has 1 aliphatic heterocycles. The summed E-state index contributed by atoms with van der Waals surface area (Å²) in [6.45, 7) is 9.41. The quantitative estimate of drug-likeness (QED) is 0.798. The van der Waals surface area contributed by atoms with Gasteiger partial charge in [0, 0.05) is 30.5 Å². The lowest BCUT2D eigenvalue weighted by Crippen LogP contribution is -2.55. The number of hydrogen-bond donors (Lipinski definition) is 0. The molecule has 2 nitrogen and oxygen atoms in total. The highest BCUT2D eigenvalue weighted by atomic mass is 16.1. The molecule has 1 saturated heterocycles. The summed E-state index contributed by atoms with van der Waals surface area (Å²) >= 11 is 0. The van der Waals surface area contributed by atoms with Gasteiger partial charge in [0.05, 0.1) is 0 Å². The van der Waals surface area contributed by atoms with E-state index in [1.807, 2.05) is 6.07 Å². The Morgan fingerprint density at radius 3 is 1.94 bits per heavy atom. The van der Waals surface area contributed by atoms with Crippen molar-refractivity contribution in [2.24, 2.45) is 11.8 Å². The molecule has 1 heterocycles. The van der Waals surface area contributed by atoms with Crippen LogP contribution in [0.3, 0.4) is 0 Å². The number of carbonyl (C=O) groups excluding carboxylic acids is 1. The van der Waals surface area contributed by atoms with Gasteiger partial charge in [-0.25, -0.2) is 0 Å². The molecule has 0 unspecified atom stereocenters. The predicted octanol–water partition coefficient (Wildman–Crippen LogP) is 3.12. The van der Waals surface area contributed by atoms with Gasteiger partial charge < -0.3 is 0 Å². The third kappa shape index (κ3) is 2.35. The number of ketones is 1. The molecule has 2 heteroatoms. The highest BCUT2D eigenvalue weighted by Crippen LogP contribution is 2.30. The molecule has 18 heavy (non-hydrogen) atoms. The van der Waals surface area contributed by atoms with Crippen molar-refractivity contribution >= 4 is 5.78 Å². The lowest BCUT2D eigenvalue weighted by molar-refractivity contribution is -0.136. The van der Waals surface area contributed by atoms with Crippen molar-refractivity contribution in [3.05, 3.63) is 35.9 Å². The zero-order valence-corrected chi connectivity index (χ0v) is 11.8. The van der Waals surface area contributed by atoms with E-state index in [0.29, 0.717) is 17.9 Å². The summed E-state index contributed by atoms with van der Waals surface area (Å²) in [5.41, 5.74) is 1.32. The molecule has 0 saturated carbocycles. The van der Waals surface area contributed by atoms with Crippen LogP contribution in [0.25, 0.3) is 0 Å². The number of piperidine rings is 1. The van der Waals surface area contributed by atoms with E-state index in [1.165, 1.54) is 5.56 Å². The molecule has 98 valence electrons. The second-order valence-corrected chi connectivity index (χ2v) is 5.62. The maximum Gasteiger partial charge on any atom is 0.141 e. The van der Waals surface area contributed by atoms with Crippen LogP contribution in [0, 0.1) is 11.8 Å². The Bertz CT molecular complexity index is 396. The number of likely N-dealkylation sites (tertiary alicyclic amines) is 1. The van der Waals surface area contributed by atoms with Crippen LogP contribution >= 0.6 is 0 Å². The van der Waals surface area contributed by atoms with Crippen LogP contribution in [0.2, 0.25) is 0 Å². The van der Waals surface area contributed by atoms with Crippen molar-refractivity contribution in [1.29, 1.82) is 0 Å². The molecule has 0 amide bonds. The maximum atomic E-state index is 12.1. The van der Waals surface area contributed by atoms with E-state index in [1.54, 1.807) is 0 Å². The smallest absolute Gasteiger partial charge is 0.141 e. The molecule has 0 N–H and O–H groups in total. The van der Waals surface area contributed by atoms with Gasteiger partial charge in [-0.2, -0.15) is 0 Å². The summed E-state index contributed by atoms with van der Waals surface area (Å²) in [7, 11) is 0. The molecule has 1 aliphatic rings. The topological polar surface area (TPSA) is 20.3 Å². The zero-order chi connectivity index (χ0) is 13.3. The summed E-state index contributed by atoms with van der Waals surface area (Å²) in [5, 5.41) is 0. The van der Waals surface area contributed by atoms with Crippen molar-refractivity contribution < 1.29 is 4.79 Å². The fourth-order valence-corrected chi connectivity index (χ4v) is 2.92. The Morgan fingerprint density at radius 1 is 0.944 bits per heavy atom. The van der Waals surface area contributed by atoms with Gasteiger partial charge in [-0.15, -0.1) is 0 Å². The van der Waals surface area contributed by atoms with Crippen molar-refractivity contribution in [2.45, 2.75) is 46.3 Å². The van der Waals surface area contributed by atoms with Crippen LogP contribution in [-0.2, 0) is 11.3 Å². The molecular formula is C16H23NO. The van der Waals surface area contributed by atoms with E-state index >= 15 is 0 Å². The van der Waals surface area contributed by atoms with Gasteiger partial charge in [-0.3, -0.25) is 9.69 Å². The van der Waals surface area contributed by atoms with E-state index in [2.05, 4.69) is 56.9 Å². The third-order valence-corrected chi connectivity index (χ3v) is 4.60. The first-order chi connectivity index (χ1) is 8.52. The summed E-state index contributed by atoms with van der Waals surface area (Å²) in [4.78, 5) is 14.6. The molecule has 0 aromatic heterocycles. The van der Waals surface area contributed by atoms with Crippen LogP contribution in [0.1, 0.15) is 33.3 Å².